The number of thiocarbonyl (C=S) groups is 1. The Morgan fingerprint density at radius 2 is 2.00 bits per heavy atom. The van der Waals surface area contributed by atoms with Crippen molar-refractivity contribution in [3.8, 4) is 5.75 Å². The normalized spacial score (nSPS) is 10.4. The summed E-state index contributed by atoms with van der Waals surface area (Å²) in [7, 11) is 1.68. The molecule has 0 bridgehead atoms. The van der Waals surface area contributed by atoms with Crippen molar-refractivity contribution in [1.29, 1.82) is 0 Å². The Bertz CT molecular complexity index is 410. The van der Waals surface area contributed by atoms with Crippen molar-refractivity contribution in [3.63, 3.8) is 0 Å². The summed E-state index contributed by atoms with van der Waals surface area (Å²) >= 11 is 5.01. The molecule has 0 radical (unpaired) electrons. The summed E-state index contributed by atoms with van der Waals surface area (Å²) in [6, 6.07) is 5.78. The van der Waals surface area contributed by atoms with E-state index in [0.29, 0.717) is 37.2 Å². The van der Waals surface area contributed by atoms with Gasteiger partial charge in [-0.1, -0.05) is 23.8 Å². The molecule has 0 aliphatic rings. The fourth-order valence-corrected chi connectivity index (χ4v) is 1.74. The van der Waals surface area contributed by atoms with E-state index in [0.717, 1.165) is 17.5 Å². The van der Waals surface area contributed by atoms with Crippen molar-refractivity contribution in [2.75, 3.05) is 33.5 Å². The van der Waals surface area contributed by atoms with E-state index in [4.69, 9.17) is 32.2 Å². The van der Waals surface area contributed by atoms with Gasteiger partial charge in [0, 0.05) is 20.3 Å². The van der Waals surface area contributed by atoms with E-state index < -0.39 is 0 Å². The third-order valence-corrected chi connectivity index (χ3v) is 2.74. The molecule has 0 aliphatic heterocycles. The minimum absolute atomic E-state index is 0.347. The lowest BCUT2D eigenvalue weighted by atomic mass is 10.1. The van der Waals surface area contributed by atoms with Crippen LogP contribution in [-0.2, 0) is 9.47 Å². The number of hydrogen-bond donors (Lipinski definition) is 1. The molecule has 0 aliphatic carbocycles. The molecular formula is C14H21NO3S. The zero-order valence-corrected chi connectivity index (χ0v) is 12.3. The van der Waals surface area contributed by atoms with Crippen LogP contribution >= 0.6 is 12.2 Å². The smallest absolute Gasteiger partial charge is 0.129 e. The van der Waals surface area contributed by atoms with Gasteiger partial charge in [-0.2, -0.15) is 0 Å². The van der Waals surface area contributed by atoms with Gasteiger partial charge in [0.25, 0.3) is 0 Å². The molecule has 2 N–H and O–H groups in total. The van der Waals surface area contributed by atoms with Crippen LogP contribution in [0.4, 0.5) is 0 Å². The van der Waals surface area contributed by atoms with Gasteiger partial charge in [-0.15, -0.1) is 0 Å². The third kappa shape index (κ3) is 6.00. The second-order valence-electron chi connectivity index (χ2n) is 4.17. The topological polar surface area (TPSA) is 53.7 Å². The molecule has 106 valence electrons. The SMILES string of the molecule is COCCCOCCOc1ccc(C)cc1C(N)=S. The molecule has 4 nitrogen and oxygen atoms in total. The first-order valence-electron chi connectivity index (χ1n) is 6.25. The van der Waals surface area contributed by atoms with E-state index in [1.807, 2.05) is 25.1 Å². The number of ether oxygens (including phenoxy) is 3. The predicted molar refractivity (Wildman–Crippen MR) is 79.9 cm³/mol. The van der Waals surface area contributed by atoms with Gasteiger partial charge < -0.3 is 19.9 Å². The van der Waals surface area contributed by atoms with Crippen molar-refractivity contribution in [1.82, 2.24) is 0 Å². The lowest BCUT2D eigenvalue weighted by Gasteiger charge is -2.11. The molecule has 1 aromatic carbocycles. The third-order valence-electron chi connectivity index (χ3n) is 2.52. The maximum absolute atomic E-state index is 5.68. The van der Waals surface area contributed by atoms with Gasteiger partial charge in [-0.05, 0) is 25.5 Å². The molecule has 0 unspecified atom stereocenters. The van der Waals surface area contributed by atoms with Crippen LogP contribution < -0.4 is 10.5 Å². The molecule has 5 heteroatoms. The van der Waals surface area contributed by atoms with E-state index in [2.05, 4.69) is 0 Å². The number of hydrogen-bond acceptors (Lipinski definition) is 4. The number of rotatable bonds is 9. The highest BCUT2D eigenvalue weighted by molar-refractivity contribution is 7.80. The van der Waals surface area contributed by atoms with E-state index in [-0.39, 0.29) is 0 Å². The summed E-state index contributed by atoms with van der Waals surface area (Å²) in [5.41, 5.74) is 7.55. The van der Waals surface area contributed by atoms with Crippen LogP contribution in [0, 0.1) is 6.92 Å². The van der Waals surface area contributed by atoms with Crippen LogP contribution in [0.25, 0.3) is 0 Å². The first kappa shape index (κ1) is 15.9. The number of aryl methyl sites for hydroxylation is 1. The molecule has 1 aromatic rings. The highest BCUT2D eigenvalue weighted by atomic mass is 32.1. The summed E-state index contributed by atoms with van der Waals surface area (Å²) in [6.45, 7) is 4.39. The second-order valence-corrected chi connectivity index (χ2v) is 4.61. The molecule has 1 rings (SSSR count). The molecular weight excluding hydrogens is 262 g/mol. The Kier molecular flexibility index (Phi) is 7.40. The number of nitrogens with two attached hydrogens (primary N) is 1. The van der Waals surface area contributed by atoms with Crippen LogP contribution in [0.2, 0.25) is 0 Å². The molecule has 0 saturated carbocycles. The van der Waals surface area contributed by atoms with Crippen LogP contribution in [0.5, 0.6) is 5.75 Å². The highest BCUT2D eigenvalue weighted by Gasteiger charge is 2.06. The average Bonchev–Trinajstić information content (AvgIpc) is 2.39. The van der Waals surface area contributed by atoms with Crippen molar-refractivity contribution in [2.45, 2.75) is 13.3 Å². The van der Waals surface area contributed by atoms with Crippen LogP contribution in [0.3, 0.4) is 0 Å². The maximum atomic E-state index is 5.68. The van der Waals surface area contributed by atoms with Gasteiger partial charge >= 0.3 is 0 Å². The summed E-state index contributed by atoms with van der Waals surface area (Å²) in [6.07, 6.45) is 0.888. The van der Waals surface area contributed by atoms with Crippen LogP contribution in [0.1, 0.15) is 17.5 Å². The summed E-state index contributed by atoms with van der Waals surface area (Å²) in [4.78, 5) is 0.347. The average molecular weight is 283 g/mol. The van der Waals surface area contributed by atoms with Gasteiger partial charge in [0.05, 0.1) is 12.2 Å². The summed E-state index contributed by atoms with van der Waals surface area (Å²) in [5.74, 6) is 0.707. The highest BCUT2D eigenvalue weighted by Crippen LogP contribution is 2.19. The Morgan fingerprint density at radius 1 is 1.21 bits per heavy atom. The van der Waals surface area contributed by atoms with Crippen molar-refractivity contribution < 1.29 is 14.2 Å². The molecule has 0 fully saturated rings. The van der Waals surface area contributed by atoms with Crippen molar-refractivity contribution >= 4 is 17.2 Å². The molecule has 0 heterocycles. The quantitative estimate of drug-likeness (QED) is 0.555. The summed E-state index contributed by atoms with van der Waals surface area (Å²) < 4.78 is 16.0. The Hall–Kier alpha value is -1.17. The van der Waals surface area contributed by atoms with Crippen molar-refractivity contribution in [3.05, 3.63) is 29.3 Å². The fourth-order valence-electron chi connectivity index (χ4n) is 1.58. The van der Waals surface area contributed by atoms with E-state index >= 15 is 0 Å². The monoisotopic (exact) mass is 283 g/mol. The molecule has 0 atom stereocenters. The van der Waals surface area contributed by atoms with Crippen LogP contribution in [-0.4, -0.2) is 38.5 Å². The second kappa shape index (κ2) is 8.85. The molecule has 0 amide bonds. The molecule has 0 saturated heterocycles. The minimum Gasteiger partial charge on any atom is -0.490 e. The molecule has 0 aromatic heterocycles. The zero-order chi connectivity index (χ0) is 14.1. The summed E-state index contributed by atoms with van der Waals surface area (Å²) in [5, 5.41) is 0. The lowest BCUT2D eigenvalue weighted by molar-refractivity contribution is 0.0806. The predicted octanol–water partition coefficient (Wildman–Crippen LogP) is 2.06. The Morgan fingerprint density at radius 3 is 2.68 bits per heavy atom. The molecule has 19 heavy (non-hydrogen) atoms. The number of methoxy groups -OCH3 is 1. The van der Waals surface area contributed by atoms with Gasteiger partial charge in [0.15, 0.2) is 0 Å². The lowest BCUT2D eigenvalue weighted by Crippen LogP contribution is -2.14. The van der Waals surface area contributed by atoms with E-state index in [1.165, 1.54) is 0 Å². The Balaban J connectivity index is 2.35. The fraction of sp³-hybridized carbons (Fsp3) is 0.500. The standard InChI is InChI=1S/C14H21NO3S/c1-11-4-5-13(12(10-11)14(15)19)18-9-8-17-7-3-6-16-2/h4-5,10H,3,6-9H2,1-2H3,(H2,15,19). The van der Waals surface area contributed by atoms with Gasteiger partial charge in [0.1, 0.15) is 17.3 Å². The van der Waals surface area contributed by atoms with Gasteiger partial charge in [-0.25, -0.2) is 0 Å². The van der Waals surface area contributed by atoms with Crippen molar-refractivity contribution in [2.24, 2.45) is 5.73 Å². The number of benzene rings is 1. The van der Waals surface area contributed by atoms with Crippen LogP contribution in [0.15, 0.2) is 18.2 Å². The van der Waals surface area contributed by atoms with Gasteiger partial charge in [0.2, 0.25) is 0 Å². The van der Waals surface area contributed by atoms with Gasteiger partial charge in [-0.3, -0.25) is 0 Å². The van der Waals surface area contributed by atoms with E-state index in [9.17, 15) is 0 Å². The minimum atomic E-state index is 0.347. The van der Waals surface area contributed by atoms with E-state index in [1.54, 1.807) is 7.11 Å². The first-order chi connectivity index (χ1) is 9.15. The molecule has 0 spiro atoms. The maximum Gasteiger partial charge on any atom is 0.129 e. The largest absolute Gasteiger partial charge is 0.490 e. The Labute approximate surface area is 119 Å². The first-order valence-corrected chi connectivity index (χ1v) is 6.66. The zero-order valence-electron chi connectivity index (χ0n) is 11.5.